The molecule has 29 heavy (non-hydrogen) atoms. The highest BCUT2D eigenvalue weighted by atomic mass is 32.2. The van der Waals surface area contributed by atoms with Gasteiger partial charge in [0.1, 0.15) is 23.0 Å². The highest BCUT2D eigenvalue weighted by Gasteiger charge is 2.18. The highest BCUT2D eigenvalue weighted by Crippen LogP contribution is 2.41. The second-order valence-corrected chi connectivity index (χ2v) is 8.90. The Labute approximate surface area is 175 Å². The van der Waals surface area contributed by atoms with Gasteiger partial charge in [-0.05, 0) is 30.7 Å². The lowest BCUT2D eigenvalue weighted by Gasteiger charge is -2.14. The Morgan fingerprint density at radius 2 is 1.86 bits per heavy atom. The first kappa shape index (κ1) is 19.5. The van der Waals surface area contributed by atoms with Crippen LogP contribution in [-0.2, 0) is 0 Å². The third kappa shape index (κ3) is 4.13. The van der Waals surface area contributed by atoms with Gasteiger partial charge in [0.25, 0.3) is 0 Å². The third-order valence-corrected chi connectivity index (χ3v) is 6.52. The van der Waals surface area contributed by atoms with Crippen LogP contribution in [0.25, 0.3) is 20.7 Å². The van der Waals surface area contributed by atoms with E-state index in [-0.39, 0.29) is 17.0 Å². The maximum Gasteiger partial charge on any atom is 0.229 e. The lowest BCUT2D eigenvalue weighted by atomic mass is 10.2. The predicted octanol–water partition coefficient (Wildman–Crippen LogP) is 4.18. The minimum absolute atomic E-state index is 0.0894. The number of nitrogens with two attached hydrogens (primary N) is 1. The molecule has 4 aromatic rings. The van der Waals surface area contributed by atoms with E-state index in [0.29, 0.717) is 11.8 Å². The van der Waals surface area contributed by atoms with Gasteiger partial charge in [0.2, 0.25) is 11.9 Å². The van der Waals surface area contributed by atoms with Crippen molar-refractivity contribution in [3.63, 3.8) is 0 Å². The molecule has 148 valence electrons. The SMILES string of the molecule is CC(Sc1ncnc2cc(-c3ccc(F)cc3)sc12)c1nc(N)nc(N(C)C)n1. The fourth-order valence-electron chi connectivity index (χ4n) is 2.67. The minimum Gasteiger partial charge on any atom is -0.368 e. The van der Waals surface area contributed by atoms with Gasteiger partial charge in [0.15, 0.2) is 0 Å². The smallest absolute Gasteiger partial charge is 0.229 e. The van der Waals surface area contributed by atoms with Crippen molar-refractivity contribution in [3.05, 3.63) is 48.3 Å². The highest BCUT2D eigenvalue weighted by molar-refractivity contribution is 7.99. The van der Waals surface area contributed by atoms with Crippen molar-refractivity contribution >= 4 is 45.2 Å². The quantitative estimate of drug-likeness (QED) is 0.374. The number of thioether (sulfide) groups is 1. The van der Waals surface area contributed by atoms with Gasteiger partial charge in [-0.2, -0.15) is 15.0 Å². The van der Waals surface area contributed by atoms with Crippen molar-refractivity contribution in [2.75, 3.05) is 24.7 Å². The van der Waals surface area contributed by atoms with Gasteiger partial charge in [-0.1, -0.05) is 23.9 Å². The summed E-state index contributed by atoms with van der Waals surface area (Å²) in [6.07, 6.45) is 1.55. The number of rotatable bonds is 5. The molecule has 0 aliphatic rings. The summed E-state index contributed by atoms with van der Waals surface area (Å²) in [6, 6.07) is 8.43. The first-order valence-electron chi connectivity index (χ1n) is 8.76. The molecule has 0 amide bonds. The molecule has 0 bridgehead atoms. The standard InChI is InChI=1S/C19H18FN7S2/c1-10(16-24-18(21)26-19(25-16)27(2)3)28-17-15-13(22-9-23-17)8-14(29-15)11-4-6-12(20)7-5-11/h4-10H,1-3H3,(H2,21,24,25,26). The maximum absolute atomic E-state index is 13.2. The van der Waals surface area contributed by atoms with E-state index in [4.69, 9.17) is 5.73 Å². The number of nitrogen functional groups attached to an aromatic ring is 1. The summed E-state index contributed by atoms with van der Waals surface area (Å²) in [6.45, 7) is 2.00. The third-order valence-electron chi connectivity index (χ3n) is 4.12. The number of hydrogen-bond acceptors (Lipinski definition) is 9. The summed E-state index contributed by atoms with van der Waals surface area (Å²) in [7, 11) is 3.71. The molecule has 0 fully saturated rings. The second-order valence-electron chi connectivity index (χ2n) is 6.52. The minimum atomic E-state index is -0.256. The molecule has 7 nitrogen and oxygen atoms in total. The van der Waals surface area contributed by atoms with Crippen LogP contribution in [0.2, 0.25) is 0 Å². The van der Waals surface area contributed by atoms with Gasteiger partial charge in [0.05, 0.1) is 15.5 Å². The fraction of sp³-hybridized carbons (Fsp3) is 0.211. The van der Waals surface area contributed by atoms with Crippen LogP contribution in [0, 0.1) is 5.82 Å². The number of hydrogen-bond donors (Lipinski definition) is 1. The lowest BCUT2D eigenvalue weighted by Crippen LogP contribution is -2.16. The molecule has 10 heteroatoms. The Balaban J connectivity index is 1.67. The van der Waals surface area contributed by atoms with E-state index in [1.807, 2.05) is 27.1 Å². The van der Waals surface area contributed by atoms with Gasteiger partial charge in [-0.3, -0.25) is 0 Å². The molecule has 1 atom stereocenters. The van der Waals surface area contributed by atoms with Gasteiger partial charge in [-0.25, -0.2) is 14.4 Å². The number of fused-ring (bicyclic) bond motifs is 1. The molecule has 1 aromatic carbocycles. The molecule has 1 unspecified atom stereocenters. The Morgan fingerprint density at radius 3 is 2.59 bits per heavy atom. The van der Waals surface area contributed by atoms with Crippen molar-refractivity contribution in [1.82, 2.24) is 24.9 Å². The zero-order valence-corrected chi connectivity index (χ0v) is 17.6. The average molecular weight is 428 g/mol. The molecule has 0 spiro atoms. The van der Waals surface area contributed by atoms with Gasteiger partial charge >= 0.3 is 0 Å². The van der Waals surface area contributed by atoms with Crippen LogP contribution < -0.4 is 10.6 Å². The van der Waals surface area contributed by atoms with E-state index < -0.39 is 0 Å². The van der Waals surface area contributed by atoms with E-state index >= 15 is 0 Å². The molecular weight excluding hydrogens is 409 g/mol. The van der Waals surface area contributed by atoms with E-state index in [1.54, 1.807) is 34.7 Å². The van der Waals surface area contributed by atoms with Crippen LogP contribution in [0.3, 0.4) is 0 Å². The normalized spacial score (nSPS) is 12.3. The summed E-state index contributed by atoms with van der Waals surface area (Å²) in [5.74, 6) is 1.04. The molecule has 0 aliphatic heterocycles. The average Bonchev–Trinajstić information content (AvgIpc) is 3.13. The molecule has 3 aromatic heterocycles. The molecule has 2 N–H and O–H groups in total. The van der Waals surface area contributed by atoms with Crippen LogP contribution in [0.5, 0.6) is 0 Å². The first-order valence-corrected chi connectivity index (χ1v) is 10.5. The number of thiophene rings is 1. The molecule has 0 saturated heterocycles. The van der Waals surface area contributed by atoms with Gasteiger partial charge in [-0.15, -0.1) is 11.3 Å². The number of benzene rings is 1. The van der Waals surface area contributed by atoms with Crippen LogP contribution in [0.15, 0.2) is 41.7 Å². The molecule has 3 heterocycles. The van der Waals surface area contributed by atoms with Crippen molar-refractivity contribution in [1.29, 1.82) is 0 Å². The van der Waals surface area contributed by atoms with Crippen molar-refractivity contribution in [2.24, 2.45) is 0 Å². The topological polar surface area (TPSA) is 93.7 Å². The first-order chi connectivity index (χ1) is 13.9. The van der Waals surface area contributed by atoms with Crippen LogP contribution in [0.4, 0.5) is 16.3 Å². The van der Waals surface area contributed by atoms with Gasteiger partial charge in [0, 0.05) is 19.0 Å². The molecule has 0 saturated carbocycles. The molecule has 0 aliphatic carbocycles. The Bertz CT molecular complexity index is 1160. The van der Waals surface area contributed by atoms with Crippen molar-refractivity contribution < 1.29 is 4.39 Å². The van der Waals surface area contributed by atoms with Crippen molar-refractivity contribution in [3.8, 4) is 10.4 Å². The summed E-state index contributed by atoms with van der Waals surface area (Å²) < 4.78 is 14.2. The number of anilines is 2. The predicted molar refractivity (Wildman–Crippen MR) is 116 cm³/mol. The summed E-state index contributed by atoms with van der Waals surface area (Å²) in [5, 5.41) is 0.750. The zero-order valence-electron chi connectivity index (χ0n) is 16.0. The van der Waals surface area contributed by atoms with Crippen LogP contribution >= 0.6 is 23.1 Å². The monoisotopic (exact) mass is 427 g/mol. The molecule has 0 radical (unpaired) electrons. The number of aromatic nitrogens is 5. The largest absolute Gasteiger partial charge is 0.368 e. The summed E-state index contributed by atoms with van der Waals surface area (Å²) in [4.78, 5) is 24.6. The Kier molecular flexibility index (Phi) is 5.29. The summed E-state index contributed by atoms with van der Waals surface area (Å²) in [5.41, 5.74) is 7.64. The van der Waals surface area contributed by atoms with E-state index in [0.717, 1.165) is 25.7 Å². The van der Waals surface area contributed by atoms with E-state index in [2.05, 4.69) is 24.9 Å². The number of nitrogens with zero attached hydrogens (tertiary/aromatic N) is 6. The van der Waals surface area contributed by atoms with E-state index in [9.17, 15) is 4.39 Å². The van der Waals surface area contributed by atoms with Gasteiger partial charge < -0.3 is 10.6 Å². The maximum atomic E-state index is 13.2. The number of halogens is 1. The Morgan fingerprint density at radius 1 is 1.10 bits per heavy atom. The van der Waals surface area contributed by atoms with Crippen LogP contribution in [-0.4, -0.2) is 39.0 Å². The van der Waals surface area contributed by atoms with Crippen molar-refractivity contribution in [2.45, 2.75) is 17.2 Å². The zero-order chi connectivity index (χ0) is 20.5. The Hall–Kier alpha value is -2.85. The summed E-state index contributed by atoms with van der Waals surface area (Å²) >= 11 is 3.12. The lowest BCUT2D eigenvalue weighted by molar-refractivity contribution is 0.628. The van der Waals surface area contributed by atoms with Crippen LogP contribution in [0.1, 0.15) is 18.0 Å². The molecule has 4 rings (SSSR count). The second kappa shape index (κ2) is 7.88. The van der Waals surface area contributed by atoms with E-state index in [1.165, 1.54) is 23.9 Å². The molecular formula is C19H18FN7S2. The fourth-order valence-corrected chi connectivity index (χ4v) is 4.81.